The van der Waals surface area contributed by atoms with E-state index in [4.69, 9.17) is 0 Å². The second-order valence-corrected chi connectivity index (χ2v) is 4.79. The van der Waals surface area contributed by atoms with E-state index in [1.54, 1.807) is 11.3 Å². The van der Waals surface area contributed by atoms with Crippen molar-refractivity contribution in [1.29, 1.82) is 0 Å². The van der Waals surface area contributed by atoms with Crippen LogP contribution in [-0.2, 0) is 5.60 Å². The zero-order valence-electron chi connectivity index (χ0n) is 7.80. The molecule has 0 aliphatic carbocycles. The fourth-order valence-electron chi connectivity index (χ4n) is 1.13. The Hall–Kier alpha value is 0.100. The van der Waals surface area contributed by atoms with Gasteiger partial charge in [0.1, 0.15) is 5.60 Å². The normalized spacial score (nSPS) is 15.7. The maximum Gasteiger partial charge on any atom is 0.101 e. The largest absolute Gasteiger partial charge is 0.384 e. The first-order valence-corrected chi connectivity index (χ1v) is 5.96. The molecule has 1 aromatic rings. The first-order valence-electron chi connectivity index (χ1n) is 4.23. The summed E-state index contributed by atoms with van der Waals surface area (Å²) in [5.74, 6) is 0. The van der Waals surface area contributed by atoms with Gasteiger partial charge in [-0.05, 0) is 34.8 Å². The molecule has 0 aliphatic rings. The Morgan fingerprint density at radius 3 is 2.77 bits per heavy atom. The Kier molecular flexibility index (Phi) is 3.91. The highest BCUT2D eigenvalue weighted by molar-refractivity contribution is 9.10. The Bertz CT molecular complexity index is 272. The third kappa shape index (κ3) is 2.77. The lowest BCUT2D eigenvalue weighted by Gasteiger charge is -2.23. The average Bonchev–Trinajstić information content (AvgIpc) is 2.48. The molecule has 0 spiro atoms. The molecule has 1 atom stereocenters. The highest BCUT2D eigenvalue weighted by atomic mass is 79.9. The number of hydrogen-bond acceptors (Lipinski definition) is 3. The molecule has 1 heterocycles. The van der Waals surface area contributed by atoms with E-state index in [1.807, 2.05) is 24.6 Å². The highest BCUT2D eigenvalue weighted by Gasteiger charge is 2.25. The summed E-state index contributed by atoms with van der Waals surface area (Å²) in [6.45, 7) is 5.30. The van der Waals surface area contributed by atoms with Crippen molar-refractivity contribution in [3.8, 4) is 0 Å². The molecule has 1 aromatic heterocycles. The van der Waals surface area contributed by atoms with Crippen LogP contribution in [0.15, 0.2) is 15.2 Å². The lowest BCUT2D eigenvalue weighted by molar-refractivity contribution is 0.0573. The van der Waals surface area contributed by atoms with Crippen molar-refractivity contribution >= 4 is 27.3 Å². The monoisotopic (exact) mass is 263 g/mol. The van der Waals surface area contributed by atoms with E-state index < -0.39 is 5.60 Å². The number of thiophene rings is 1. The summed E-state index contributed by atoms with van der Waals surface area (Å²) in [5, 5.41) is 17.2. The highest BCUT2D eigenvalue weighted by Crippen LogP contribution is 2.30. The smallest absolute Gasteiger partial charge is 0.101 e. The van der Waals surface area contributed by atoms with Gasteiger partial charge in [-0.2, -0.15) is 11.3 Å². The summed E-state index contributed by atoms with van der Waals surface area (Å²) in [7, 11) is 0. The van der Waals surface area contributed by atoms with E-state index in [0.717, 1.165) is 16.6 Å². The van der Waals surface area contributed by atoms with Crippen LogP contribution in [-0.4, -0.2) is 18.2 Å². The van der Waals surface area contributed by atoms with Crippen molar-refractivity contribution in [1.82, 2.24) is 5.32 Å². The molecule has 0 fully saturated rings. The van der Waals surface area contributed by atoms with Crippen LogP contribution in [0, 0.1) is 0 Å². The molecule has 1 rings (SSSR count). The Labute approximate surface area is 91.1 Å². The van der Waals surface area contributed by atoms with Gasteiger partial charge in [-0.15, -0.1) is 0 Å². The standard InChI is InChI=1S/C9H14BrNOS/c1-3-11-6-9(2,12)7-4-13-5-8(7)10/h4-5,11-12H,3,6H2,1-2H3. The predicted octanol–water partition coefficient (Wildman–Crippen LogP) is 2.33. The van der Waals surface area contributed by atoms with Gasteiger partial charge in [-0.3, -0.25) is 0 Å². The summed E-state index contributed by atoms with van der Waals surface area (Å²) in [4.78, 5) is 0. The molecular formula is C9H14BrNOS. The first kappa shape index (κ1) is 11.2. The number of hydrogen-bond donors (Lipinski definition) is 2. The third-order valence-electron chi connectivity index (χ3n) is 1.91. The maximum absolute atomic E-state index is 10.1. The number of nitrogens with one attached hydrogen (secondary N) is 1. The molecule has 13 heavy (non-hydrogen) atoms. The lowest BCUT2D eigenvalue weighted by atomic mass is 9.99. The van der Waals surface area contributed by atoms with Crippen molar-refractivity contribution < 1.29 is 5.11 Å². The van der Waals surface area contributed by atoms with Gasteiger partial charge in [0.25, 0.3) is 0 Å². The van der Waals surface area contributed by atoms with Gasteiger partial charge in [0.2, 0.25) is 0 Å². The minimum Gasteiger partial charge on any atom is -0.384 e. The van der Waals surface area contributed by atoms with Crippen LogP contribution < -0.4 is 5.32 Å². The Morgan fingerprint density at radius 2 is 2.31 bits per heavy atom. The molecule has 0 radical (unpaired) electrons. The molecule has 4 heteroatoms. The van der Waals surface area contributed by atoms with E-state index in [2.05, 4.69) is 21.2 Å². The molecule has 0 bridgehead atoms. The number of likely N-dealkylation sites (N-methyl/N-ethyl adjacent to an activating group) is 1. The van der Waals surface area contributed by atoms with Crippen LogP contribution in [0.2, 0.25) is 0 Å². The first-order chi connectivity index (χ1) is 6.08. The molecule has 2 nitrogen and oxygen atoms in total. The molecule has 0 amide bonds. The van der Waals surface area contributed by atoms with Gasteiger partial charge < -0.3 is 10.4 Å². The number of halogens is 1. The molecule has 1 unspecified atom stereocenters. The van der Waals surface area contributed by atoms with Crippen LogP contribution in [0.3, 0.4) is 0 Å². The van der Waals surface area contributed by atoms with Gasteiger partial charge >= 0.3 is 0 Å². The molecule has 0 aliphatic heterocycles. The van der Waals surface area contributed by atoms with Crippen LogP contribution in [0.5, 0.6) is 0 Å². The summed E-state index contributed by atoms with van der Waals surface area (Å²) in [6, 6.07) is 0. The summed E-state index contributed by atoms with van der Waals surface area (Å²) < 4.78 is 0.986. The molecular weight excluding hydrogens is 250 g/mol. The molecule has 0 aromatic carbocycles. The average molecular weight is 264 g/mol. The Morgan fingerprint density at radius 1 is 1.62 bits per heavy atom. The van der Waals surface area contributed by atoms with Crippen LogP contribution in [0.25, 0.3) is 0 Å². The zero-order valence-corrected chi connectivity index (χ0v) is 10.2. The van der Waals surface area contributed by atoms with E-state index in [-0.39, 0.29) is 0 Å². The minimum atomic E-state index is -0.783. The van der Waals surface area contributed by atoms with Crippen LogP contribution >= 0.6 is 27.3 Å². The quantitative estimate of drug-likeness (QED) is 0.874. The fraction of sp³-hybridized carbons (Fsp3) is 0.556. The van der Waals surface area contributed by atoms with Crippen molar-refractivity contribution in [3.05, 3.63) is 20.8 Å². The molecule has 74 valence electrons. The fourth-order valence-corrected chi connectivity index (χ4v) is 2.98. The van der Waals surface area contributed by atoms with Gasteiger partial charge in [0, 0.05) is 22.0 Å². The number of rotatable bonds is 4. The zero-order chi connectivity index (χ0) is 9.90. The SMILES string of the molecule is CCNCC(C)(O)c1cscc1Br. The molecule has 0 saturated carbocycles. The minimum absolute atomic E-state index is 0.582. The van der Waals surface area contributed by atoms with Crippen molar-refractivity contribution in [2.75, 3.05) is 13.1 Å². The summed E-state index contributed by atoms with van der Waals surface area (Å²) >= 11 is 5.01. The van der Waals surface area contributed by atoms with Gasteiger partial charge in [0.05, 0.1) is 0 Å². The third-order valence-corrected chi connectivity index (χ3v) is 3.62. The molecule has 0 saturated heterocycles. The van der Waals surface area contributed by atoms with Crippen molar-refractivity contribution in [3.63, 3.8) is 0 Å². The lowest BCUT2D eigenvalue weighted by Crippen LogP contribution is -2.35. The van der Waals surface area contributed by atoms with E-state index >= 15 is 0 Å². The van der Waals surface area contributed by atoms with E-state index in [0.29, 0.717) is 6.54 Å². The van der Waals surface area contributed by atoms with Crippen molar-refractivity contribution in [2.24, 2.45) is 0 Å². The van der Waals surface area contributed by atoms with Gasteiger partial charge in [-0.25, -0.2) is 0 Å². The van der Waals surface area contributed by atoms with Crippen LogP contribution in [0.4, 0.5) is 0 Å². The summed E-state index contributed by atoms with van der Waals surface area (Å²) in [5.41, 5.74) is 0.174. The second kappa shape index (κ2) is 4.55. The molecule has 2 N–H and O–H groups in total. The summed E-state index contributed by atoms with van der Waals surface area (Å²) in [6.07, 6.45) is 0. The van der Waals surface area contributed by atoms with Gasteiger partial charge in [0.15, 0.2) is 0 Å². The number of aliphatic hydroxyl groups is 1. The topological polar surface area (TPSA) is 32.3 Å². The maximum atomic E-state index is 10.1. The second-order valence-electron chi connectivity index (χ2n) is 3.19. The van der Waals surface area contributed by atoms with Crippen molar-refractivity contribution in [2.45, 2.75) is 19.4 Å². The predicted molar refractivity (Wildman–Crippen MR) is 60.1 cm³/mol. The van der Waals surface area contributed by atoms with E-state index in [9.17, 15) is 5.11 Å². The van der Waals surface area contributed by atoms with E-state index in [1.165, 1.54) is 0 Å². The Balaban J connectivity index is 2.74. The van der Waals surface area contributed by atoms with Crippen LogP contribution in [0.1, 0.15) is 19.4 Å². The van der Waals surface area contributed by atoms with Gasteiger partial charge in [-0.1, -0.05) is 6.92 Å².